The fourth-order valence-corrected chi connectivity index (χ4v) is 3.49. The summed E-state index contributed by atoms with van der Waals surface area (Å²) in [6.07, 6.45) is 4.40. The highest BCUT2D eigenvalue weighted by molar-refractivity contribution is 5.77. The van der Waals surface area contributed by atoms with E-state index < -0.39 is 0 Å². The predicted octanol–water partition coefficient (Wildman–Crippen LogP) is 3.42. The SMILES string of the molecule is Cc1cn(-c2ccc(N3CCC(=O)N(Cc4ccccc4)CC3)cc2)cn1. The van der Waals surface area contributed by atoms with Gasteiger partial charge in [-0.3, -0.25) is 4.79 Å². The van der Waals surface area contributed by atoms with Crippen molar-refractivity contribution < 1.29 is 4.79 Å². The van der Waals surface area contributed by atoms with E-state index in [0.717, 1.165) is 36.7 Å². The molecule has 0 atom stereocenters. The monoisotopic (exact) mass is 360 g/mol. The summed E-state index contributed by atoms with van der Waals surface area (Å²) in [4.78, 5) is 21.1. The molecule has 1 amide bonds. The van der Waals surface area contributed by atoms with Crippen molar-refractivity contribution in [3.05, 3.63) is 78.4 Å². The average Bonchev–Trinajstić information content (AvgIpc) is 3.05. The largest absolute Gasteiger partial charge is 0.369 e. The zero-order valence-corrected chi connectivity index (χ0v) is 15.6. The Morgan fingerprint density at radius 3 is 2.37 bits per heavy atom. The number of amides is 1. The van der Waals surface area contributed by atoms with E-state index in [0.29, 0.717) is 13.0 Å². The minimum Gasteiger partial charge on any atom is -0.369 e. The Kier molecular flexibility index (Phi) is 4.92. The lowest BCUT2D eigenvalue weighted by molar-refractivity contribution is -0.130. The molecule has 0 aliphatic carbocycles. The number of rotatable bonds is 4. The number of benzene rings is 2. The third-order valence-corrected chi connectivity index (χ3v) is 5.03. The molecule has 1 aliphatic heterocycles. The zero-order valence-electron chi connectivity index (χ0n) is 15.6. The summed E-state index contributed by atoms with van der Waals surface area (Å²) in [6.45, 7) is 5.03. The molecule has 5 heteroatoms. The minimum atomic E-state index is 0.229. The number of anilines is 1. The molecule has 27 heavy (non-hydrogen) atoms. The summed E-state index contributed by atoms with van der Waals surface area (Å²) >= 11 is 0. The van der Waals surface area contributed by atoms with Crippen LogP contribution in [0.2, 0.25) is 0 Å². The molecule has 2 heterocycles. The molecule has 0 spiro atoms. The molecule has 2 aromatic carbocycles. The van der Waals surface area contributed by atoms with Crippen LogP contribution in [0.25, 0.3) is 5.69 Å². The maximum atomic E-state index is 12.5. The van der Waals surface area contributed by atoms with Crippen LogP contribution in [-0.4, -0.2) is 40.0 Å². The van der Waals surface area contributed by atoms with Gasteiger partial charge >= 0.3 is 0 Å². The Morgan fingerprint density at radius 1 is 0.926 bits per heavy atom. The molecule has 0 bridgehead atoms. The van der Waals surface area contributed by atoms with Crippen molar-refractivity contribution in [2.45, 2.75) is 19.9 Å². The van der Waals surface area contributed by atoms with Crippen molar-refractivity contribution in [3.8, 4) is 5.69 Å². The molecule has 1 fully saturated rings. The Bertz CT molecular complexity index is 902. The molecule has 0 unspecified atom stereocenters. The normalized spacial score (nSPS) is 15.1. The highest BCUT2D eigenvalue weighted by Crippen LogP contribution is 2.20. The summed E-state index contributed by atoms with van der Waals surface area (Å²) in [7, 11) is 0. The highest BCUT2D eigenvalue weighted by atomic mass is 16.2. The van der Waals surface area contributed by atoms with Gasteiger partial charge in [-0.15, -0.1) is 0 Å². The quantitative estimate of drug-likeness (QED) is 0.716. The van der Waals surface area contributed by atoms with Gasteiger partial charge in [0.05, 0.1) is 12.0 Å². The van der Waals surface area contributed by atoms with Gasteiger partial charge < -0.3 is 14.4 Å². The number of aryl methyl sites for hydroxylation is 1. The first-order valence-corrected chi connectivity index (χ1v) is 9.37. The van der Waals surface area contributed by atoms with E-state index >= 15 is 0 Å². The van der Waals surface area contributed by atoms with Crippen molar-refractivity contribution in [2.75, 3.05) is 24.5 Å². The van der Waals surface area contributed by atoms with Gasteiger partial charge in [-0.1, -0.05) is 30.3 Å². The van der Waals surface area contributed by atoms with Crippen LogP contribution < -0.4 is 4.90 Å². The Morgan fingerprint density at radius 2 is 1.67 bits per heavy atom. The highest BCUT2D eigenvalue weighted by Gasteiger charge is 2.21. The topological polar surface area (TPSA) is 41.4 Å². The van der Waals surface area contributed by atoms with E-state index in [9.17, 15) is 4.79 Å². The van der Waals surface area contributed by atoms with Crippen LogP contribution in [-0.2, 0) is 11.3 Å². The summed E-state index contributed by atoms with van der Waals surface area (Å²) < 4.78 is 2.02. The third kappa shape index (κ3) is 4.03. The number of imidazole rings is 1. The van der Waals surface area contributed by atoms with E-state index in [1.807, 2.05) is 47.1 Å². The number of carbonyl (C=O) groups is 1. The summed E-state index contributed by atoms with van der Waals surface area (Å²) in [6, 6.07) is 18.7. The van der Waals surface area contributed by atoms with E-state index in [1.165, 1.54) is 5.56 Å². The molecule has 3 aromatic rings. The molecule has 1 aromatic heterocycles. The van der Waals surface area contributed by atoms with Gasteiger partial charge in [0.15, 0.2) is 0 Å². The Labute approximate surface area is 159 Å². The van der Waals surface area contributed by atoms with E-state index in [4.69, 9.17) is 0 Å². The van der Waals surface area contributed by atoms with Crippen LogP contribution in [0.15, 0.2) is 67.1 Å². The molecule has 1 aliphatic rings. The Hall–Kier alpha value is -3.08. The van der Waals surface area contributed by atoms with Crippen molar-refractivity contribution in [1.29, 1.82) is 0 Å². The average molecular weight is 360 g/mol. The van der Waals surface area contributed by atoms with Crippen molar-refractivity contribution in [1.82, 2.24) is 14.5 Å². The van der Waals surface area contributed by atoms with Crippen molar-refractivity contribution >= 4 is 11.6 Å². The minimum absolute atomic E-state index is 0.229. The number of aromatic nitrogens is 2. The molecular weight excluding hydrogens is 336 g/mol. The van der Waals surface area contributed by atoms with Gasteiger partial charge in [0.2, 0.25) is 5.91 Å². The first-order valence-electron chi connectivity index (χ1n) is 9.37. The maximum absolute atomic E-state index is 12.5. The zero-order chi connectivity index (χ0) is 18.6. The second-order valence-corrected chi connectivity index (χ2v) is 6.98. The summed E-state index contributed by atoms with van der Waals surface area (Å²) in [5.74, 6) is 0.229. The van der Waals surface area contributed by atoms with Crippen LogP contribution in [0.3, 0.4) is 0 Å². The molecule has 0 radical (unpaired) electrons. The predicted molar refractivity (Wildman–Crippen MR) is 107 cm³/mol. The summed E-state index contributed by atoms with van der Waals surface area (Å²) in [5, 5.41) is 0. The molecular formula is C22H24N4O. The van der Waals surface area contributed by atoms with Crippen molar-refractivity contribution in [2.24, 2.45) is 0 Å². The lowest BCUT2D eigenvalue weighted by Gasteiger charge is -2.24. The molecule has 0 N–H and O–H groups in total. The molecule has 4 rings (SSSR count). The number of nitrogens with zero attached hydrogens (tertiary/aromatic N) is 4. The van der Waals surface area contributed by atoms with E-state index in [-0.39, 0.29) is 5.91 Å². The first-order chi connectivity index (χ1) is 13.2. The number of carbonyl (C=O) groups excluding carboxylic acids is 1. The molecule has 138 valence electrons. The van der Waals surface area contributed by atoms with Crippen LogP contribution in [0.4, 0.5) is 5.69 Å². The Balaban J connectivity index is 1.43. The van der Waals surface area contributed by atoms with Crippen molar-refractivity contribution in [3.63, 3.8) is 0 Å². The molecule has 1 saturated heterocycles. The van der Waals surface area contributed by atoms with Crippen LogP contribution in [0.5, 0.6) is 0 Å². The van der Waals surface area contributed by atoms with Crippen LogP contribution in [0.1, 0.15) is 17.7 Å². The van der Waals surface area contributed by atoms with Crippen LogP contribution in [0, 0.1) is 6.92 Å². The van der Waals surface area contributed by atoms with Gasteiger partial charge in [0, 0.05) is 50.2 Å². The second-order valence-electron chi connectivity index (χ2n) is 6.98. The molecule has 5 nitrogen and oxygen atoms in total. The van der Waals surface area contributed by atoms with Gasteiger partial charge in [0.25, 0.3) is 0 Å². The van der Waals surface area contributed by atoms with E-state index in [1.54, 1.807) is 0 Å². The number of hydrogen-bond donors (Lipinski definition) is 0. The standard InChI is InChI=1S/C22H24N4O/c1-18-15-26(17-23-18)21-9-7-20(8-10-21)24-12-11-22(27)25(14-13-24)16-19-5-3-2-4-6-19/h2-10,15,17H,11-14,16H2,1H3. The summed E-state index contributed by atoms with van der Waals surface area (Å²) in [5.41, 5.74) is 4.43. The van der Waals surface area contributed by atoms with Crippen LogP contribution >= 0.6 is 0 Å². The smallest absolute Gasteiger partial charge is 0.224 e. The maximum Gasteiger partial charge on any atom is 0.224 e. The number of hydrogen-bond acceptors (Lipinski definition) is 3. The van der Waals surface area contributed by atoms with Gasteiger partial charge in [-0.05, 0) is 36.8 Å². The lowest BCUT2D eigenvalue weighted by Crippen LogP contribution is -2.32. The van der Waals surface area contributed by atoms with Gasteiger partial charge in [-0.2, -0.15) is 0 Å². The van der Waals surface area contributed by atoms with Gasteiger partial charge in [-0.25, -0.2) is 4.98 Å². The third-order valence-electron chi connectivity index (χ3n) is 5.03. The first kappa shape index (κ1) is 17.3. The second kappa shape index (κ2) is 7.66. The fraction of sp³-hybridized carbons (Fsp3) is 0.273. The fourth-order valence-electron chi connectivity index (χ4n) is 3.49. The van der Waals surface area contributed by atoms with E-state index in [2.05, 4.69) is 46.3 Å². The van der Waals surface area contributed by atoms with Gasteiger partial charge in [0.1, 0.15) is 0 Å². The lowest BCUT2D eigenvalue weighted by atomic mass is 10.2. The molecule has 0 saturated carbocycles.